The fourth-order valence-electron chi connectivity index (χ4n) is 2.29. The van der Waals surface area contributed by atoms with Gasteiger partial charge in [0.2, 0.25) is 5.89 Å². The Morgan fingerprint density at radius 3 is 2.57 bits per heavy atom. The molecule has 5 heteroatoms. The van der Waals surface area contributed by atoms with E-state index < -0.39 is 0 Å². The third kappa shape index (κ3) is 2.74. The topological polar surface area (TPSA) is 55.1 Å². The van der Waals surface area contributed by atoms with Crippen LogP contribution in [-0.2, 0) is 0 Å². The highest BCUT2D eigenvalue weighted by Crippen LogP contribution is 2.25. The van der Waals surface area contributed by atoms with Gasteiger partial charge < -0.3 is 9.73 Å². The van der Waals surface area contributed by atoms with Crippen molar-refractivity contribution in [1.29, 1.82) is 0 Å². The van der Waals surface area contributed by atoms with Crippen LogP contribution in [-0.4, -0.2) is 10.9 Å². The summed E-state index contributed by atoms with van der Waals surface area (Å²) < 4.78 is 5.74. The highest BCUT2D eigenvalue weighted by Gasteiger charge is 2.09. The first-order chi connectivity index (χ1) is 11.3. The van der Waals surface area contributed by atoms with Crippen LogP contribution in [0.5, 0.6) is 0 Å². The van der Waals surface area contributed by atoms with E-state index in [1.165, 1.54) is 11.3 Å². The highest BCUT2D eigenvalue weighted by molar-refractivity contribution is 7.12. The zero-order valence-corrected chi connectivity index (χ0v) is 12.8. The number of hydrogen-bond acceptors (Lipinski definition) is 4. The van der Waals surface area contributed by atoms with Gasteiger partial charge >= 0.3 is 0 Å². The molecule has 4 rings (SSSR count). The predicted molar refractivity (Wildman–Crippen MR) is 91.7 cm³/mol. The van der Waals surface area contributed by atoms with Crippen LogP contribution in [0.15, 0.2) is 70.5 Å². The number of rotatable bonds is 3. The maximum absolute atomic E-state index is 12.0. The molecule has 0 spiro atoms. The number of thiophene rings is 1. The number of para-hydroxylation sites is 2. The fourth-order valence-corrected chi connectivity index (χ4v) is 2.91. The van der Waals surface area contributed by atoms with Gasteiger partial charge in [-0.3, -0.25) is 4.79 Å². The van der Waals surface area contributed by atoms with E-state index in [4.69, 9.17) is 4.42 Å². The van der Waals surface area contributed by atoms with Crippen LogP contribution in [0.3, 0.4) is 0 Å². The number of benzene rings is 2. The third-order valence-corrected chi connectivity index (χ3v) is 4.30. The summed E-state index contributed by atoms with van der Waals surface area (Å²) in [5.41, 5.74) is 3.20. The first-order valence-electron chi connectivity index (χ1n) is 7.10. The quantitative estimate of drug-likeness (QED) is 0.589. The molecular formula is C18H12N2O2S. The van der Waals surface area contributed by atoms with Crippen molar-refractivity contribution in [3.05, 3.63) is 70.9 Å². The molecule has 0 aliphatic heterocycles. The molecule has 112 valence electrons. The molecule has 0 aliphatic carbocycles. The van der Waals surface area contributed by atoms with E-state index >= 15 is 0 Å². The summed E-state index contributed by atoms with van der Waals surface area (Å²) in [6.07, 6.45) is 0. The lowest BCUT2D eigenvalue weighted by Gasteiger charge is -2.04. The second-order valence-corrected chi connectivity index (χ2v) is 5.94. The minimum atomic E-state index is -0.102. The van der Waals surface area contributed by atoms with Gasteiger partial charge in [0, 0.05) is 11.3 Å². The van der Waals surface area contributed by atoms with Crippen LogP contribution < -0.4 is 5.32 Å². The maximum atomic E-state index is 12.0. The van der Waals surface area contributed by atoms with Gasteiger partial charge in [-0.05, 0) is 47.8 Å². The van der Waals surface area contributed by atoms with Crippen LogP contribution in [0.25, 0.3) is 22.6 Å². The van der Waals surface area contributed by atoms with Crippen molar-refractivity contribution in [2.45, 2.75) is 0 Å². The van der Waals surface area contributed by atoms with Crippen LogP contribution in [0.1, 0.15) is 9.67 Å². The lowest BCUT2D eigenvalue weighted by molar-refractivity contribution is 0.103. The standard InChI is InChI=1S/C18H12N2O2S/c21-17(16-6-3-11-23-16)19-13-9-7-12(8-10-13)18-20-14-4-1-2-5-15(14)22-18/h1-11H,(H,19,21). The molecule has 4 nitrogen and oxygen atoms in total. The number of aromatic nitrogens is 1. The third-order valence-electron chi connectivity index (χ3n) is 3.43. The van der Waals surface area contributed by atoms with Gasteiger partial charge in [0.1, 0.15) is 5.52 Å². The minimum absolute atomic E-state index is 0.102. The molecule has 2 aromatic carbocycles. The van der Waals surface area contributed by atoms with Gasteiger partial charge in [-0.1, -0.05) is 18.2 Å². The second kappa shape index (κ2) is 5.70. The first kappa shape index (κ1) is 13.7. The Bertz CT molecular complexity index is 923. The van der Waals surface area contributed by atoms with Crippen molar-refractivity contribution in [2.24, 2.45) is 0 Å². The summed E-state index contributed by atoms with van der Waals surface area (Å²) in [6.45, 7) is 0. The Hall–Kier alpha value is -2.92. The number of oxazole rings is 1. The lowest BCUT2D eigenvalue weighted by Crippen LogP contribution is -2.09. The van der Waals surface area contributed by atoms with E-state index in [1.807, 2.05) is 60.0 Å². The van der Waals surface area contributed by atoms with Gasteiger partial charge in [0.05, 0.1) is 4.88 Å². The van der Waals surface area contributed by atoms with Crippen molar-refractivity contribution >= 4 is 34.0 Å². The van der Waals surface area contributed by atoms with Gasteiger partial charge in [0.15, 0.2) is 5.58 Å². The average molecular weight is 320 g/mol. The number of hydrogen-bond donors (Lipinski definition) is 1. The summed E-state index contributed by atoms with van der Waals surface area (Å²) in [7, 11) is 0. The summed E-state index contributed by atoms with van der Waals surface area (Å²) >= 11 is 1.42. The first-order valence-corrected chi connectivity index (χ1v) is 7.98. The van der Waals surface area contributed by atoms with Crippen molar-refractivity contribution in [3.8, 4) is 11.5 Å². The molecule has 0 unspecified atom stereocenters. The van der Waals surface area contributed by atoms with Crippen molar-refractivity contribution in [1.82, 2.24) is 4.98 Å². The van der Waals surface area contributed by atoms with E-state index in [0.717, 1.165) is 22.4 Å². The number of carbonyl (C=O) groups is 1. The van der Waals surface area contributed by atoms with Crippen molar-refractivity contribution < 1.29 is 9.21 Å². The number of nitrogens with one attached hydrogen (secondary N) is 1. The lowest BCUT2D eigenvalue weighted by atomic mass is 10.2. The summed E-state index contributed by atoms with van der Waals surface area (Å²) in [4.78, 5) is 17.2. The number of fused-ring (bicyclic) bond motifs is 1. The average Bonchev–Trinajstić information content (AvgIpc) is 3.25. The smallest absolute Gasteiger partial charge is 0.265 e. The monoisotopic (exact) mass is 320 g/mol. The number of anilines is 1. The number of amides is 1. The van der Waals surface area contributed by atoms with Crippen LogP contribution in [0.4, 0.5) is 5.69 Å². The fraction of sp³-hybridized carbons (Fsp3) is 0. The molecule has 0 aliphatic rings. The molecule has 0 atom stereocenters. The molecule has 0 saturated carbocycles. The molecular weight excluding hydrogens is 308 g/mol. The van der Waals surface area contributed by atoms with Crippen LogP contribution >= 0.6 is 11.3 Å². The second-order valence-electron chi connectivity index (χ2n) is 5.00. The molecule has 0 radical (unpaired) electrons. The summed E-state index contributed by atoms with van der Waals surface area (Å²) in [5.74, 6) is 0.469. The molecule has 0 fully saturated rings. The van der Waals surface area contributed by atoms with E-state index in [0.29, 0.717) is 10.8 Å². The molecule has 2 heterocycles. The van der Waals surface area contributed by atoms with E-state index in [1.54, 1.807) is 6.07 Å². The summed E-state index contributed by atoms with van der Waals surface area (Å²) in [5, 5.41) is 4.75. The van der Waals surface area contributed by atoms with Gasteiger partial charge in [-0.25, -0.2) is 4.98 Å². The predicted octanol–water partition coefficient (Wildman–Crippen LogP) is 4.81. The van der Waals surface area contributed by atoms with Crippen LogP contribution in [0, 0.1) is 0 Å². The van der Waals surface area contributed by atoms with E-state index in [9.17, 15) is 4.79 Å². The van der Waals surface area contributed by atoms with Crippen molar-refractivity contribution in [3.63, 3.8) is 0 Å². The zero-order chi connectivity index (χ0) is 15.6. The normalized spacial score (nSPS) is 10.8. The van der Waals surface area contributed by atoms with Crippen molar-refractivity contribution in [2.75, 3.05) is 5.32 Å². The maximum Gasteiger partial charge on any atom is 0.265 e. The molecule has 0 bridgehead atoms. The van der Waals surface area contributed by atoms with E-state index in [-0.39, 0.29) is 5.91 Å². The number of carbonyl (C=O) groups excluding carboxylic acids is 1. The Labute approximate surface area is 136 Å². The number of nitrogens with zero attached hydrogens (tertiary/aromatic N) is 1. The zero-order valence-electron chi connectivity index (χ0n) is 12.0. The SMILES string of the molecule is O=C(Nc1ccc(-c2nc3ccccc3o2)cc1)c1cccs1. The van der Waals surface area contributed by atoms with Gasteiger partial charge in [-0.2, -0.15) is 0 Å². The Morgan fingerprint density at radius 1 is 1.00 bits per heavy atom. The van der Waals surface area contributed by atoms with Crippen LogP contribution in [0.2, 0.25) is 0 Å². The largest absolute Gasteiger partial charge is 0.436 e. The Kier molecular flexibility index (Phi) is 3.40. The minimum Gasteiger partial charge on any atom is -0.436 e. The Morgan fingerprint density at radius 2 is 1.83 bits per heavy atom. The molecule has 4 aromatic rings. The molecule has 1 amide bonds. The van der Waals surface area contributed by atoms with E-state index in [2.05, 4.69) is 10.3 Å². The molecule has 23 heavy (non-hydrogen) atoms. The molecule has 1 N–H and O–H groups in total. The highest BCUT2D eigenvalue weighted by atomic mass is 32.1. The van der Waals surface area contributed by atoms with Gasteiger partial charge in [-0.15, -0.1) is 11.3 Å². The molecule has 2 aromatic heterocycles. The van der Waals surface area contributed by atoms with Gasteiger partial charge in [0.25, 0.3) is 5.91 Å². The Balaban J connectivity index is 1.57. The molecule has 0 saturated heterocycles. The summed E-state index contributed by atoms with van der Waals surface area (Å²) in [6, 6.07) is 18.8.